The minimum Gasteiger partial charge on any atom is -0.508 e. The summed E-state index contributed by atoms with van der Waals surface area (Å²) in [5.74, 6) is -0.603. The van der Waals surface area contributed by atoms with Gasteiger partial charge in [0.25, 0.3) is 0 Å². The second kappa shape index (κ2) is 3.71. The lowest BCUT2D eigenvalue weighted by Gasteiger charge is -1.98. The highest BCUT2D eigenvalue weighted by molar-refractivity contribution is 7.16. The molecule has 0 bridgehead atoms. The SMILES string of the molecule is N#Cc1ccc(-c2cc(O)cc(F)c2)s1. The summed E-state index contributed by atoms with van der Waals surface area (Å²) >= 11 is 1.26. The first-order chi connectivity index (χ1) is 7.19. The summed E-state index contributed by atoms with van der Waals surface area (Å²) in [4.78, 5) is 1.33. The Balaban J connectivity index is 2.50. The molecule has 4 heteroatoms. The zero-order chi connectivity index (χ0) is 10.8. The Morgan fingerprint density at radius 2 is 2.07 bits per heavy atom. The van der Waals surface area contributed by atoms with Gasteiger partial charge in [0.05, 0.1) is 0 Å². The van der Waals surface area contributed by atoms with E-state index in [0.29, 0.717) is 10.4 Å². The fraction of sp³-hybridized carbons (Fsp3) is 0. The predicted molar refractivity (Wildman–Crippen MR) is 56.1 cm³/mol. The zero-order valence-corrected chi connectivity index (χ0v) is 8.38. The predicted octanol–water partition coefficient (Wildman–Crippen LogP) is 3.13. The van der Waals surface area contributed by atoms with Gasteiger partial charge < -0.3 is 5.11 Å². The highest BCUT2D eigenvalue weighted by Crippen LogP contribution is 2.30. The van der Waals surface area contributed by atoms with Crippen molar-refractivity contribution in [1.82, 2.24) is 0 Å². The second-order valence-electron chi connectivity index (χ2n) is 2.97. The van der Waals surface area contributed by atoms with Gasteiger partial charge in [0.2, 0.25) is 0 Å². The molecule has 0 aliphatic carbocycles. The number of phenolic OH excluding ortho intramolecular Hbond substituents is 1. The van der Waals surface area contributed by atoms with Crippen molar-refractivity contribution in [2.75, 3.05) is 0 Å². The van der Waals surface area contributed by atoms with Gasteiger partial charge in [-0.3, -0.25) is 0 Å². The molecule has 0 amide bonds. The van der Waals surface area contributed by atoms with Crippen LogP contribution in [0.1, 0.15) is 4.88 Å². The van der Waals surface area contributed by atoms with Crippen molar-refractivity contribution in [2.45, 2.75) is 0 Å². The molecular weight excluding hydrogens is 213 g/mol. The van der Waals surface area contributed by atoms with Gasteiger partial charge in [-0.15, -0.1) is 11.3 Å². The lowest BCUT2D eigenvalue weighted by atomic mass is 10.2. The molecule has 1 heterocycles. The Morgan fingerprint density at radius 1 is 1.27 bits per heavy atom. The molecule has 2 rings (SSSR count). The molecule has 0 saturated heterocycles. The van der Waals surface area contributed by atoms with Gasteiger partial charge in [0.15, 0.2) is 0 Å². The normalized spacial score (nSPS) is 9.87. The highest BCUT2D eigenvalue weighted by Gasteiger charge is 2.05. The van der Waals surface area contributed by atoms with Gasteiger partial charge in [-0.05, 0) is 29.8 Å². The van der Waals surface area contributed by atoms with Crippen LogP contribution in [0.2, 0.25) is 0 Å². The van der Waals surface area contributed by atoms with E-state index in [1.807, 2.05) is 6.07 Å². The van der Waals surface area contributed by atoms with Crippen molar-refractivity contribution in [3.8, 4) is 22.3 Å². The topological polar surface area (TPSA) is 44.0 Å². The van der Waals surface area contributed by atoms with E-state index in [9.17, 15) is 9.50 Å². The number of rotatable bonds is 1. The number of thiophene rings is 1. The summed E-state index contributed by atoms with van der Waals surface area (Å²) in [5, 5.41) is 17.9. The van der Waals surface area contributed by atoms with E-state index in [0.717, 1.165) is 10.9 Å². The Labute approximate surface area is 89.8 Å². The zero-order valence-electron chi connectivity index (χ0n) is 7.57. The van der Waals surface area contributed by atoms with E-state index in [2.05, 4.69) is 0 Å². The third-order valence-electron chi connectivity index (χ3n) is 1.88. The molecule has 15 heavy (non-hydrogen) atoms. The van der Waals surface area contributed by atoms with Crippen molar-refractivity contribution >= 4 is 11.3 Å². The van der Waals surface area contributed by atoms with Crippen molar-refractivity contribution in [3.05, 3.63) is 41.0 Å². The first kappa shape index (κ1) is 9.69. The van der Waals surface area contributed by atoms with Crippen LogP contribution in [0.5, 0.6) is 5.75 Å². The van der Waals surface area contributed by atoms with E-state index in [4.69, 9.17) is 5.26 Å². The Hall–Kier alpha value is -1.86. The average Bonchev–Trinajstić information content (AvgIpc) is 2.64. The van der Waals surface area contributed by atoms with Crippen LogP contribution in [0.15, 0.2) is 30.3 Å². The molecular formula is C11H6FNOS. The van der Waals surface area contributed by atoms with Crippen molar-refractivity contribution in [1.29, 1.82) is 5.26 Å². The van der Waals surface area contributed by atoms with Gasteiger partial charge in [-0.2, -0.15) is 5.26 Å². The van der Waals surface area contributed by atoms with Gasteiger partial charge in [-0.25, -0.2) is 4.39 Å². The fourth-order valence-electron chi connectivity index (χ4n) is 1.27. The first-order valence-electron chi connectivity index (χ1n) is 4.19. The molecule has 1 aromatic carbocycles. The molecule has 1 aromatic heterocycles. The van der Waals surface area contributed by atoms with E-state index in [1.165, 1.54) is 23.5 Å². The number of benzene rings is 1. The van der Waals surface area contributed by atoms with E-state index in [1.54, 1.807) is 12.1 Å². The molecule has 0 spiro atoms. The molecule has 2 aromatic rings. The standard InChI is InChI=1S/C11H6FNOS/c12-8-3-7(4-9(14)5-8)11-2-1-10(6-13)15-11/h1-5,14H. The van der Waals surface area contributed by atoms with Crippen LogP contribution in [-0.2, 0) is 0 Å². The molecule has 0 radical (unpaired) electrons. The van der Waals surface area contributed by atoms with E-state index < -0.39 is 5.82 Å². The molecule has 74 valence electrons. The molecule has 0 aliphatic heterocycles. The smallest absolute Gasteiger partial charge is 0.127 e. The molecule has 2 nitrogen and oxygen atoms in total. The summed E-state index contributed by atoms with van der Waals surface area (Å²) in [6, 6.07) is 9.25. The maximum absolute atomic E-state index is 13.0. The number of aromatic hydroxyl groups is 1. The Kier molecular flexibility index (Phi) is 2.40. The maximum Gasteiger partial charge on any atom is 0.127 e. The lowest BCUT2D eigenvalue weighted by molar-refractivity contribution is 0.469. The Morgan fingerprint density at radius 3 is 2.67 bits per heavy atom. The fourth-order valence-corrected chi connectivity index (χ4v) is 2.06. The van der Waals surface area contributed by atoms with Crippen LogP contribution in [0, 0.1) is 17.1 Å². The third kappa shape index (κ3) is 1.97. The van der Waals surface area contributed by atoms with Crippen LogP contribution in [0.3, 0.4) is 0 Å². The van der Waals surface area contributed by atoms with Crippen molar-refractivity contribution < 1.29 is 9.50 Å². The quantitative estimate of drug-likeness (QED) is 0.800. The molecule has 0 unspecified atom stereocenters. The minimum absolute atomic E-state index is 0.114. The summed E-state index contributed by atoms with van der Waals surface area (Å²) in [5.41, 5.74) is 0.582. The number of nitrogens with zero attached hydrogens (tertiary/aromatic N) is 1. The summed E-state index contributed by atoms with van der Waals surface area (Å²) in [7, 11) is 0. The van der Waals surface area contributed by atoms with Crippen LogP contribution in [0.4, 0.5) is 4.39 Å². The molecule has 0 atom stereocenters. The summed E-state index contributed by atoms with van der Waals surface area (Å²) in [6.07, 6.45) is 0. The number of hydrogen-bond acceptors (Lipinski definition) is 3. The summed E-state index contributed by atoms with van der Waals surface area (Å²) < 4.78 is 13.0. The third-order valence-corrected chi connectivity index (χ3v) is 2.92. The first-order valence-corrected chi connectivity index (χ1v) is 5.00. The summed E-state index contributed by atoms with van der Waals surface area (Å²) in [6.45, 7) is 0. The highest BCUT2D eigenvalue weighted by atomic mass is 32.1. The van der Waals surface area contributed by atoms with E-state index >= 15 is 0 Å². The molecule has 0 saturated carbocycles. The lowest BCUT2D eigenvalue weighted by Crippen LogP contribution is -1.77. The average molecular weight is 219 g/mol. The van der Waals surface area contributed by atoms with Crippen LogP contribution in [-0.4, -0.2) is 5.11 Å². The number of halogens is 1. The van der Waals surface area contributed by atoms with Crippen LogP contribution in [0.25, 0.3) is 10.4 Å². The van der Waals surface area contributed by atoms with Crippen LogP contribution < -0.4 is 0 Å². The van der Waals surface area contributed by atoms with E-state index in [-0.39, 0.29) is 5.75 Å². The molecule has 0 fully saturated rings. The molecule has 1 N–H and O–H groups in total. The van der Waals surface area contributed by atoms with Gasteiger partial charge in [0.1, 0.15) is 22.5 Å². The van der Waals surface area contributed by atoms with Gasteiger partial charge in [0, 0.05) is 10.9 Å². The van der Waals surface area contributed by atoms with Gasteiger partial charge >= 0.3 is 0 Å². The largest absolute Gasteiger partial charge is 0.508 e. The monoisotopic (exact) mass is 219 g/mol. The van der Waals surface area contributed by atoms with Crippen molar-refractivity contribution in [2.24, 2.45) is 0 Å². The maximum atomic E-state index is 13.0. The second-order valence-corrected chi connectivity index (χ2v) is 4.06. The van der Waals surface area contributed by atoms with Crippen molar-refractivity contribution in [3.63, 3.8) is 0 Å². The number of phenols is 1. The number of hydrogen-bond donors (Lipinski definition) is 1. The molecule has 0 aliphatic rings. The van der Waals surface area contributed by atoms with Crippen LogP contribution >= 0.6 is 11.3 Å². The number of nitriles is 1. The minimum atomic E-state index is -0.489. The van der Waals surface area contributed by atoms with Gasteiger partial charge in [-0.1, -0.05) is 0 Å². The Bertz CT molecular complexity index is 522.